The van der Waals surface area contributed by atoms with Crippen LogP contribution in [0, 0.1) is 0 Å². The molecule has 0 radical (unpaired) electrons. The maximum Gasteiger partial charge on any atom is 0.268 e. The van der Waals surface area contributed by atoms with Crippen LogP contribution in [-0.2, 0) is 9.59 Å². The Morgan fingerprint density at radius 2 is 2.26 bits per heavy atom. The number of nitrogens with one attached hydrogen (secondary N) is 2. The molecular formula is C17H21N3O3. The molecule has 2 aliphatic heterocycles. The monoisotopic (exact) mass is 315 g/mol. The summed E-state index contributed by atoms with van der Waals surface area (Å²) >= 11 is 0. The molecule has 0 saturated heterocycles. The van der Waals surface area contributed by atoms with Gasteiger partial charge in [-0.3, -0.25) is 14.5 Å². The number of anilines is 1. The summed E-state index contributed by atoms with van der Waals surface area (Å²) in [5.41, 5.74) is 1.87. The van der Waals surface area contributed by atoms with Gasteiger partial charge in [0.1, 0.15) is 12.3 Å². The lowest BCUT2D eigenvalue weighted by atomic mass is 10.1. The highest BCUT2D eigenvalue weighted by molar-refractivity contribution is 6.03. The van der Waals surface area contributed by atoms with Crippen molar-refractivity contribution in [1.82, 2.24) is 10.6 Å². The minimum absolute atomic E-state index is 0.00900. The maximum absolute atomic E-state index is 12.3. The summed E-state index contributed by atoms with van der Waals surface area (Å²) < 4.78 is 5.57. The van der Waals surface area contributed by atoms with Gasteiger partial charge in [-0.05, 0) is 32.0 Å². The van der Waals surface area contributed by atoms with Crippen molar-refractivity contribution >= 4 is 17.5 Å². The maximum atomic E-state index is 12.3. The molecule has 23 heavy (non-hydrogen) atoms. The molecule has 2 N–H and O–H groups in total. The Labute approximate surface area is 135 Å². The molecule has 0 aromatic heterocycles. The SMILES string of the molecule is CC1Oc2ccccc2N(CC(=O)NCC2=CCNCC2)C1=O. The number of benzene rings is 1. The number of para-hydroxylation sites is 2. The second-order valence-electron chi connectivity index (χ2n) is 5.75. The highest BCUT2D eigenvalue weighted by Gasteiger charge is 2.32. The van der Waals surface area contributed by atoms with E-state index in [0.717, 1.165) is 19.5 Å². The first-order valence-electron chi connectivity index (χ1n) is 7.87. The topological polar surface area (TPSA) is 70.7 Å². The summed E-state index contributed by atoms with van der Waals surface area (Å²) in [5.74, 6) is 0.273. The van der Waals surface area contributed by atoms with Crippen LogP contribution in [0.25, 0.3) is 0 Å². The van der Waals surface area contributed by atoms with Crippen LogP contribution in [0.3, 0.4) is 0 Å². The number of hydrogen-bond donors (Lipinski definition) is 2. The minimum atomic E-state index is -0.579. The highest BCUT2D eigenvalue weighted by atomic mass is 16.5. The van der Waals surface area contributed by atoms with Crippen molar-refractivity contribution in [3.8, 4) is 5.75 Å². The molecule has 6 heteroatoms. The molecule has 1 aromatic carbocycles. The standard InChI is InChI=1S/C17H21N3O3/c1-12-17(22)20(14-4-2-3-5-15(14)23-12)11-16(21)19-10-13-6-8-18-9-7-13/h2-6,12,18H,7-11H2,1H3,(H,19,21). The van der Waals surface area contributed by atoms with E-state index in [1.54, 1.807) is 13.0 Å². The number of carbonyl (C=O) groups excluding carboxylic acids is 2. The lowest BCUT2D eigenvalue weighted by Gasteiger charge is -2.32. The third-order valence-electron chi connectivity index (χ3n) is 4.05. The summed E-state index contributed by atoms with van der Waals surface area (Å²) in [6.07, 6.45) is 2.46. The zero-order valence-electron chi connectivity index (χ0n) is 13.2. The summed E-state index contributed by atoms with van der Waals surface area (Å²) in [6, 6.07) is 7.28. The average Bonchev–Trinajstić information content (AvgIpc) is 2.58. The van der Waals surface area contributed by atoms with Crippen LogP contribution in [0.2, 0.25) is 0 Å². The Balaban J connectivity index is 1.65. The fourth-order valence-corrected chi connectivity index (χ4v) is 2.76. The third-order valence-corrected chi connectivity index (χ3v) is 4.05. The van der Waals surface area contributed by atoms with Crippen molar-refractivity contribution in [1.29, 1.82) is 0 Å². The first-order chi connectivity index (χ1) is 11.1. The van der Waals surface area contributed by atoms with Crippen LogP contribution >= 0.6 is 0 Å². The average molecular weight is 315 g/mol. The van der Waals surface area contributed by atoms with Crippen molar-refractivity contribution in [2.45, 2.75) is 19.4 Å². The quantitative estimate of drug-likeness (QED) is 0.808. The van der Waals surface area contributed by atoms with Crippen LogP contribution in [0.4, 0.5) is 5.69 Å². The Kier molecular flexibility index (Phi) is 4.62. The van der Waals surface area contributed by atoms with Gasteiger partial charge in [-0.1, -0.05) is 23.8 Å². The molecule has 0 saturated carbocycles. The van der Waals surface area contributed by atoms with Gasteiger partial charge >= 0.3 is 0 Å². The molecule has 1 atom stereocenters. The zero-order valence-corrected chi connectivity index (χ0v) is 13.2. The number of carbonyl (C=O) groups is 2. The largest absolute Gasteiger partial charge is 0.479 e. The van der Waals surface area contributed by atoms with Crippen molar-refractivity contribution < 1.29 is 14.3 Å². The second kappa shape index (κ2) is 6.83. The Morgan fingerprint density at radius 1 is 1.43 bits per heavy atom. The predicted octanol–water partition coefficient (Wildman–Crippen LogP) is 0.836. The molecule has 0 fully saturated rings. The van der Waals surface area contributed by atoms with Gasteiger partial charge in [0.25, 0.3) is 5.91 Å². The predicted molar refractivity (Wildman–Crippen MR) is 87.5 cm³/mol. The lowest BCUT2D eigenvalue weighted by molar-refractivity contribution is -0.128. The van der Waals surface area contributed by atoms with Crippen LogP contribution in [0.1, 0.15) is 13.3 Å². The minimum Gasteiger partial charge on any atom is -0.479 e. The fraction of sp³-hybridized carbons (Fsp3) is 0.412. The van der Waals surface area contributed by atoms with Crippen molar-refractivity contribution in [3.05, 3.63) is 35.9 Å². The van der Waals surface area contributed by atoms with E-state index in [-0.39, 0.29) is 18.4 Å². The first kappa shape index (κ1) is 15.6. The number of amides is 2. The first-order valence-corrected chi connectivity index (χ1v) is 7.87. The molecular weight excluding hydrogens is 294 g/mol. The summed E-state index contributed by atoms with van der Waals surface area (Å²) in [7, 11) is 0. The van der Waals surface area contributed by atoms with Gasteiger partial charge in [-0.25, -0.2) is 0 Å². The number of ether oxygens (including phenoxy) is 1. The summed E-state index contributed by atoms with van der Waals surface area (Å²) in [4.78, 5) is 26.1. The van der Waals surface area contributed by atoms with Gasteiger partial charge in [0.05, 0.1) is 5.69 Å². The molecule has 0 bridgehead atoms. The number of hydrogen-bond acceptors (Lipinski definition) is 4. The van der Waals surface area contributed by atoms with E-state index in [9.17, 15) is 9.59 Å². The molecule has 2 heterocycles. The lowest BCUT2D eigenvalue weighted by Crippen LogP contribution is -2.49. The van der Waals surface area contributed by atoms with Crippen LogP contribution in [0.15, 0.2) is 35.9 Å². The van der Waals surface area contributed by atoms with E-state index in [2.05, 4.69) is 16.7 Å². The van der Waals surface area contributed by atoms with E-state index in [0.29, 0.717) is 18.0 Å². The summed E-state index contributed by atoms with van der Waals surface area (Å²) in [5, 5.41) is 6.13. The van der Waals surface area contributed by atoms with E-state index < -0.39 is 6.10 Å². The van der Waals surface area contributed by atoms with Gasteiger partial charge in [0, 0.05) is 13.1 Å². The Hall–Kier alpha value is -2.34. The highest BCUT2D eigenvalue weighted by Crippen LogP contribution is 2.33. The van der Waals surface area contributed by atoms with Crippen molar-refractivity contribution in [2.75, 3.05) is 31.1 Å². The van der Waals surface area contributed by atoms with Crippen molar-refractivity contribution in [2.24, 2.45) is 0 Å². The van der Waals surface area contributed by atoms with Crippen molar-refractivity contribution in [3.63, 3.8) is 0 Å². The molecule has 0 spiro atoms. The van der Waals surface area contributed by atoms with Crippen LogP contribution in [-0.4, -0.2) is 44.1 Å². The molecule has 2 aliphatic rings. The van der Waals surface area contributed by atoms with E-state index >= 15 is 0 Å². The number of nitrogens with zero attached hydrogens (tertiary/aromatic N) is 1. The molecule has 0 aliphatic carbocycles. The zero-order chi connectivity index (χ0) is 16.2. The van der Waals surface area contributed by atoms with E-state index in [1.165, 1.54) is 10.5 Å². The smallest absolute Gasteiger partial charge is 0.268 e. The van der Waals surface area contributed by atoms with Gasteiger partial charge in [-0.15, -0.1) is 0 Å². The second-order valence-corrected chi connectivity index (χ2v) is 5.75. The van der Waals surface area contributed by atoms with Crippen LogP contribution in [0.5, 0.6) is 5.75 Å². The van der Waals surface area contributed by atoms with Gasteiger partial charge in [0.2, 0.25) is 5.91 Å². The Morgan fingerprint density at radius 3 is 3.04 bits per heavy atom. The molecule has 1 unspecified atom stereocenters. The van der Waals surface area contributed by atoms with Gasteiger partial charge < -0.3 is 15.4 Å². The van der Waals surface area contributed by atoms with E-state index in [4.69, 9.17) is 4.74 Å². The molecule has 6 nitrogen and oxygen atoms in total. The Bertz CT molecular complexity index is 642. The number of rotatable bonds is 4. The molecule has 2 amide bonds. The molecule has 1 aromatic rings. The molecule has 3 rings (SSSR count). The third kappa shape index (κ3) is 3.53. The van der Waals surface area contributed by atoms with Gasteiger partial charge in [-0.2, -0.15) is 0 Å². The normalized spacial score (nSPS) is 20.4. The van der Waals surface area contributed by atoms with Gasteiger partial charge in [0.15, 0.2) is 6.10 Å². The van der Waals surface area contributed by atoms with E-state index in [1.807, 2.05) is 18.2 Å². The fourth-order valence-electron chi connectivity index (χ4n) is 2.76. The summed E-state index contributed by atoms with van der Waals surface area (Å²) in [6.45, 7) is 4.03. The van der Waals surface area contributed by atoms with Crippen LogP contribution < -0.4 is 20.3 Å². The number of fused-ring (bicyclic) bond motifs is 1. The molecule has 122 valence electrons.